The van der Waals surface area contributed by atoms with E-state index in [4.69, 9.17) is 15.2 Å². The average molecular weight is 401 g/mol. The summed E-state index contributed by atoms with van der Waals surface area (Å²) in [7, 11) is 1.70. The molecular weight excluding hydrogens is 371 g/mol. The molecule has 6 heteroatoms. The molecule has 0 amide bonds. The zero-order valence-electron chi connectivity index (χ0n) is 15.5. The summed E-state index contributed by atoms with van der Waals surface area (Å²) in [6, 6.07) is 14.9. The molecule has 2 rings (SSSR count). The number of nitrogens with two attached hydrogens (primary N) is 1. The van der Waals surface area contributed by atoms with Crippen molar-refractivity contribution in [2.75, 3.05) is 40.0 Å². The number of halogens is 2. The number of rotatable bonds is 10. The second-order valence-electron chi connectivity index (χ2n) is 5.83. The molecule has 0 heterocycles. The second kappa shape index (κ2) is 13.8. The van der Waals surface area contributed by atoms with Gasteiger partial charge in [-0.05, 0) is 43.1 Å². The van der Waals surface area contributed by atoms with Crippen LogP contribution in [0, 0.1) is 6.92 Å². The van der Waals surface area contributed by atoms with Gasteiger partial charge in [0.05, 0.1) is 6.61 Å². The topological polar surface area (TPSA) is 56.5 Å². The number of hydrogen-bond acceptors (Lipinski definition) is 4. The standard InChI is InChI=1S/C20H28N2O2.2ClH/c1-16-3-8-20(24-14-12-22-11-13-23-2)19(15-16)18-6-4-17(5-7-18)9-10-21;;/h3-8,15,22H,9-14,21H2,1-2H3;2*1H. The minimum Gasteiger partial charge on any atom is -0.492 e. The van der Waals surface area contributed by atoms with Gasteiger partial charge in [-0.15, -0.1) is 24.8 Å². The molecule has 2 aromatic rings. The lowest BCUT2D eigenvalue weighted by molar-refractivity contribution is 0.197. The molecule has 0 atom stereocenters. The number of methoxy groups -OCH3 is 1. The fourth-order valence-electron chi connectivity index (χ4n) is 2.55. The summed E-state index contributed by atoms with van der Waals surface area (Å²) in [4.78, 5) is 0. The van der Waals surface area contributed by atoms with E-state index in [0.717, 1.165) is 30.8 Å². The number of aryl methyl sites for hydroxylation is 1. The first-order valence-corrected chi connectivity index (χ1v) is 8.47. The molecule has 0 spiro atoms. The largest absolute Gasteiger partial charge is 0.492 e. The maximum Gasteiger partial charge on any atom is 0.127 e. The summed E-state index contributed by atoms with van der Waals surface area (Å²) < 4.78 is 11.0. The molecule has 3 N–H and O–H groups in total. The molecule has 0 saturated heterocycles. The van der Waals surface area contributed by atoms with E-state index in [-0.39, 0.29) is 24.8 Å². The van der Waals surface area contributed by atoms with Gasteiger partial charge in [0.15, 0.2) is 0 Å². The molecule has 0 unspecified atom stereocenters. The smallest absolute Gasteiger partial charge is 0.127 e. The molecule has 26 heavy (non-hydrogen) atoms. The van der Waals surface area contributed by atoms with Crippen molar-refractivity contribution in [3.63, 3.8) is 0 Å². The van der Waals surface area contributed by atoms with Crippen LogP contribution < -0.4 is 15.8 Å². The van der Waals surface area contributed by atoms with Crippen LogP contribution in [0.15, 0.2) is 42.5 Å². The third-order valence-electron chi connectivity index (χ3n) is 3.85. The van der Waals surface area contributed by atoms with E-state index in [0.29, 0.717) is 19.8 Å². The second-order valence-corrected chi connectivity index (χ2v) is 5.83. The Kier molecular flexibility index (Phi) is 13.2. The maximum absolute atomic E-state index is 5.98. The van der Waals surface area contributed by atoms with E-state index < -0.39 is 0 Å². The van der Waals surface area contributed by atoms with Crippen molar-refractivity contribution >= 4 is 24.8 Å². The van der Waals surface area contributed by atoms with Gasteiger partial charge >= 0.3 is 0 Å². The Labute approximate surface area is 169 Å². The van der Waals surface area contributed by atoms with E-state index in [1.807, 2.05) is 6.07 Å². The van der Waals surface area contributed by atoms with Crippen LogP contribution in [0.5, 0.6) is 5.75 Å². The lowest BCUT2D eigenvalue weighted by atomic mass is 10.0. The molecule has 0 aliphatic heterocycles. The van der Waals surface area contributed by atoms with Gasteiger partial charge < -0.3 is 20.5 Å². The average Bonchev–Trinajstić information content (AvgIpc) is 2.60. The lowest BCUT2D eigenvalue weighted by Crippen LogP contribution is -2.24. The van der Waals surface area contributed by atoms with Crippen molar-refractivity contribution in [2.45, 2.75) is 13.3 Å². The predicted molar refractivity (Wildman–Crippen MR) is 114 cm³/mol. The van der Waals surface area contributed by atoms with Crippen LogP contribution in [-0.2, 0) is 11.2 Å². The van der Waals surface area contributed by atoms with E-state index in [2.05, 4.69) is 48.6 Å². The molecule has 0 saturated carbocycles. The fraction of sp³-hybridized carbons (Fsp3) is 0.400. The molecule has 0 fully saturated rings. The van der Waals surface area contributed by atoms with Crippen LogP contribution in [-0.4, -0.2) is 40.0 Å². The highest BCUT2D eigenvalue weighted by atomic mass is 35.5. The number of hydrogen-bond donors (Lipinski definition) is 2. The zero-order valence-corrected chi connectivity index (χ0v) is 17.1. The Bertz CT molecular complexity index is 622. The van der Waals surface area contributed by atoms with Crippen molar-refractivity contribution in [3.8, 4) is 16.9 Å². The first-order chi connectivity index (χ1) is 11.7. The Hall–Kier alpha value is -1.30. The number of ether oxygens (including phenoxy) is 2. The van der Waals surface area contributed by atoms with Crippen LogP contribution in [0.2, 0.25) is 0 Å². The maximum atomic E-state index is 5.98. The van der Waals surface area contributed by atoms with Crippen molar-refractivity contribution in [3.05, 3.63) is 53.6 Å². The summed E-state index contributed by atoms with van der Waals surface area (Å²) in [6.45, 7) is 5.75. The zero-order chi connectivity index (χ0) is 17.2. The van der Waals surface area contributed by atoms with Crippen LogP contribution in [0.4, 0.5) is 0 Å². The first-order valence-electron chi connectivity index (χ1n) is 8.47. The molecule has 0 bridgehead atoms. The highest BCUT2D eigenvalue weighted by molar-refractivity contribution is 5.85. The summed E-state index contributed by atoms with van der Waals surface area (Å²) in [6.07, 6.45) is 0.907. The Balaban J connectivity index is 0.00000312. The summed E-state index contributed by atoms with van der Waals surface area (Å²) >= 11 is 0. The van der Waals surface area contributed by atoms with Crippen molar-refractivity contribution in [2.24, 2.45) is 5.73 Å². The molecule has 2 aromatic carbocycles. The first kappa shape index (κ1) is 24.7. The molecule has 0 radical (unpaired) electrons. The normalized spacial score (nSPS) is 9.96. The molecule has 0 aliphatic carbocycles. The van der Waals surface area contributed by atoms with Crippen LogP contribution in [0.3, 0.4) is 0 Å². The van der Waals surface area contributed by atoms with E-state index in [1.165, 1.54) is 16.7 Å². The van der Waals surface area contributed by atoms with Crippen LogP contribution in [0.1, 0.15) is 11.1 Å². The molecule has 0 aliphatic rings. The molecular formula is C20H30Cl2N2O2. The van der Waals surface area contributed by atoms with E-state index in [9.17, 15) is 0 Å². The number of nitrogens with one attached hydrogen (secondary N) is 1. The van der Waals surface area contributed by atoms with Gasteiger partial charge in [0.1, 0.15) is 12.4 Å². The van der Waals surface area contributed by atoms with Gasteiger partial charge in [0.25, 0.3) is 0 Å². The van der Waals surface area contributed by atoms with Gasteiger partial charge in [0.2, 0.25) is 0 Å². The molecule has 146 valence electrons. The van der Waals surface area contributed by atoms with Gasteiger partial charge in [-0.3, -0.25) is 0 Å². The van der Waals surface area contributed by atoms with Crippen molar-refractivity contribution < 1.29 is 9.47 Å². The van der Waals surface area contributed by atoms with Gasteiger partial charge in [-0.2, -0.15) is 0 Å². The summed E-state index contributed by atoms with van der Waals surface area (Å²) in [5.74, 6) is 0.917. The molecule has 4 nitrogen and oxygen atoms in total. The highest BCUT2D eigenvalue weighted by Crippen LogP contribution is 2.31. The third-order valence-corrected chi connectivity index (χ3v) is 3.85. The van der Waals surface area contributed by atoms with E-state index >= 15 is 0 Å². The summed E-state index contributed by atoms with van der Waals surface area (Å²) in [5.41, 5.74) is 10.4. The quantitative estimate of drug-likeness (QED) is 0.597. The van der Waals surface area contributed by atoms with Gasteiger partial charge in [-0.25, -0.2) is 0 Å². The number of benzene rings is 2. The Morgan fingerprint density at radius 1 is 0.962 bits per heavy atom. The summed E-state index contributed by atoms with van der Waals surface area (Å²) in [5, 5.41) is 3.29. The van der Waals surface area contributed by atoms with Crippen LogP contribution >= 0.6 is 24.8 Å². The predicted octanol–water partition coefficient (Wildman–Crippen LogP) is 3.62. The monoisotopic (exact) mass is 400 g/mol. The highest BCUT2D eigenvalue weighted by Gasteiger charge is 2.07. The third kappa shape index (κ3) is 7.94. The minimum atomic E-state index is 0. The van der Waals surface area contributed by atoms with Gasteiger partial charge in [0, 0.05) is 25.8 Å². The van der Waals surface area contributed by atoms with Crippen LogP contribution in [0.25, 0.3) is 11.1 Å². The van der Waals surface area contributed by atoms with Crippen molar-refractivity contribution in [1.29, 1.82) is 0 Å². The van der Waals surface area contributed by atoms with Gasteiger partial charge in [-0.1, -0.05) is 35.9 Å². The van der Waals surface area contributed by atoms with Crippen molar-refractivity contribution in [1.82, 2.24) is 5.32 Å². The fourth-order valence-corrected chi connectivity index (χ4v) is 2.55. The lowest BCUT2D eigenvalue weighted by Gasteiger charge is -2.13. The van der Waals surface area contributed by atoms with E-state index in [1.54, 1.807) is 7.11 Å². The Morgan fingerprint density at radius 2 is 1.65 bits per heavy atom. The minimum absolute atomic E-state index is 0. The SMILES string of the molecule is COCCNCCOc1ccc(C)cc1-c1ccc(CCN)cc1.Cl.Cl. The Morgan fingerprint density at radius 3 is 2.31 bits per heavy atom. The molecule has 0 aromatic heterocycles.